The van der Waals surface area contributed by atoms with Crippen LogP contribution in [0.2, 0.25) is 0 Å². The molecule has 4 aliphatic rings. The van der Waals surface area contributed by atoms with Crippen LogP contribution >= 0.6 is 33.8 Å². The summed E-state index contributed by atoms with van der Waals surface area (Å²) < 4.78 is 110. The van der Waals surface area contributed by atoms with Gasteiger partial charge in [-0.05, 0) is 30.6 Å². The molecule has 0 bridgehead atoms. The zero-order valence-corrected chi connectivity index (χ0v) is 52.2. The first-order valence-corrected chi connectivity index (χ1v) is 35.3. The Labute approximate surface area is 512 Å². The molecule has 0 aromatic carbocycles. The number of nitrogens with zero attached hydrogens (tertiary/aromatic N) is 12. The van der Waals surface area contributed by atoms with E-state index in [1.54, 1.807) is 0 Å². The fourth-order valence-corrected chi connectivity index (χ4v) is 15.4. The van der Waals surface area contributed by atoms with E-state index in [9.17, 15) is 43.4 Å². The van der Waals surface area contributed by atoms with Gasteiger partial charge in [-0.1, -0.05) is 71.1 Å². The maximum absolute atomic E-state index is 14.3. The van der Waals surface area contributed by atoms with E-state index in [1.807, 2.05) is 0 Å². The van der Waals surface area contributed by atoms with Crippen LogP contribution in [0.3, 0.4) is 0 Å². The first kappa shape index (κ1) is 66.9. The van der Waals surface area contributed by atoms with Crippen LogP contribution in [0, 0.1) is 0 Å². The fraction of sp³-hybridized carbons (Fsp3) is 0.680. The summed E-state index contributed by atoms with van der Waals surface area (Å²) in [5.74, 6) is -0.498. The number of hydrogen-bond donors (Lipinski definition) is 8. The minimum absolute atomic E-state index is 0.0200. The summed E-state index contributed by atoms with van der Waals surface area (Å²) in [4.78, 5) is 83.7. The van der Waals surface area contributed by atoms with Crippen LogP contribution in [0.25, 0.3) is 33.5 Å². The van der Waals surface area contributed by atoms with Gasteiger partial charge in [0.15, 0.2) is 53.1 Å². The summed E-state index contributed by atoms with van der Waals surface area (Å²) in [6, 6.07) is 0. The number of hydrogen-bond acceptors (Lipinski definition) is 30. The molecule has 0 radical (unpaired) electrons. The van der Waals surface area contributed by atoms with Gasteiger partial charge in [-0.2, -0.15) is 0 Å². The Morgan fingerprint density at radius 1 is 0.652 bits per heavy atom. The molecular weight excluding hydrogens is 1260 g/mol. The van der Waals surface area contributed by atoms with Crippen LogP contribution in [0.15, 0.2) is 38.0 Å². The normalized spacial score (nSPS) is 28.3. The van der Waals surface area contributed by atoms with Gasteiger partial charge in [-0.15, -0.1) is 0 Å². The van der Waals surface area contributed by atoms with Crippen molar-refractivity contribution < 1.29 is 94.4 Å². The third kappa shape index (κ3) is 15.6. The molecule has 4 fully saturated rings. The molecule has 39 heteroatoms. The van der Waals surface area contributed by atoms with Gasteiger partial charge >= 0.3 is 28.4 Å². The van der Waals surface area contributed by atoms with Crippen molar-refractivity contribution in [3.8, 4) is 0 Å². The second-order valence-electron chi connectivity index (χ2n) is 21.8. The van der Waals surface area contributed by atoms with E-state index in [2.05, 4.69) is 51.8 Å². The Morgan fingerprint density at radius 3 is 1.73 bits per heavy atom. The Morgan fingerprint density at radius 2 is 1.16 bits per heavy atom. The lowest BCUT2D eigenvalue weighted by atomic mass is 9.89. The summed E-state index contributed by atoms with van der Waals surface area (Å²) in [6.45, 7) is -4.52. The van der Waals surface area contributed by atoms with Crippen molar-refractivity contribution in [3.63, 3.8) is 0 Å². The number of rotatable bonds is 33. The number of carbonyl (C=O) groups is 1. The molecule has 6 unspecified atom stereocenters. The van der Waals surface area contributed by atoms with Gasteiger partial charge < -0.3 is 70.5 Å². The minimum atomic E-state index is -5.40. The number of unbranched alkanes of at least 4 members (excludes halogenated alkanes) is 10. The monoisotopic (exact) mass is 1330 g/mol. The lowest BCUT2D eigenvalue weighted by Crippen LogP contribution is -2.51. The Bertz CT molecular complexity index is 3520. The molecule has 35 nitrogen and oxygen atoms in total. The van der Waals surface area contributed by atoms with Crippen LogP contribution in [-0.4, -0.2) is 190 Å². The van der Waals surface area contributed by atoms with Crippen molar-refractivity contribution >= 4 is 90.7 Å². The molecule has 10 heterocycles. The van der Waals surface area contributed by atoms with E-state index in [0.29, 0.717) is 24.2 Å². The lowest BCUT2D eigenvalue weighted by Gasteiger charge is -2.38. The summed E-state index contributed by atoms with van der Waals surface area (Å²) in [7, 11) is -9.53. The number of anilines is 3. The van der Waals surface area contributed by atoms with Gasteiger partial charge in [-0.25, -0.2) is 58.6 Å². The number of nitrogens with two attached hydrogens (primary N) is 3. The van der Waals surface area contributed by atoms with Gasteiger partial charge in [0, 0.05) is 25.9 Å². The molecule has 0 aliphatic carbocycles. The van der Waals surface area contributed by atoms with E-state index in [1.165, 1.54) is 91.1 Å². The number of phosphoric acid groups is 2. The number of esters is 1. The highest BCUT2D eigenvalue weighted by atomic mass is 32.7. The van der Waals surface area contributed by atoms with Crippen molar-refractivity contribution in [3.05, 3.63) is 38.0 Å². The van der Waals surface area contributed by atoms with Crippen molar-refractivity contribution in [1.29, 1.82) is 0 Å². The van der Waals surface area contributed by atoms with Crippen LogP contribution in [0.4, 0.5) is 17.5 Å². The molecule has 11 N–H and O–H groups in total. The molecule has 6 aromatic rings. The average Bonchev–Trinajstić information content (AvgIpc) is 1.74. The molecule has 4 saturated heterocycles. The third-order valence-electron chi connectivity index (χ3n) is 15.7. The molecule has 0 saturated carbocycles. The first-order chi connectivity index (χ1) is 42.7. The third-order valence-corrected chi connectivity index (χ3v) is 20.7. The zero-order valence-electron chi connectivity index (χ0n) is 48.7. The van der Waals surface area contributed by atoms with E-state index in [4.69, 9.17) is 68.2 Å². The number of phosphoric ester groups is 2. The number of ether oxygens (including phenoxy) is 6. The van der Waals surface area contributed by atoms with E-state index in [0.717, 1.165) is 31.9 Å². The number of fused-ring (bicyclic) bond motifs is 4. The Kier molecular flexibility index (Phi) is 22.0. The Hall–Kier alpha value is -5.04. The van der Waals surface area contributed by atoms with Crippen molar-refractivity contribution in [2.75, 3.05) is 63.1 Å². The number of imidazole rings is 3. The van der Waals surface area contributed by atoms with Crippen molar-refractivity contribution in [2.24, 2.45) is 0 Å². The highest BCUT2D eigenvalue weighted by Crippen LogP contribution is 2.58. The van der Waals surface area contributed by atoms with Crippen molar-refractivity contribution in [1.82, 2.24) is 58.6 Å². The molecule has 0 amide bonds. The Balaban J connectivity index is 0.785. The second kappa shape index (κ2) is 29.3. The summed E-state index contributed by atoms with van der Waals surface area (Å²) in [6.07, 6.45) is 3.92. The average molecular weight is 1330 g/mol. The SMILES string of the molecule is CCCCCCCCCCCCCC(=O)OCCSP(=O)(O)OC[C@H]1O[C@@H](n2cnc3c(N)ncnc32)[C@@H](OP(=O)(O)OC[C@H]2O[C@@H](n3cnc4c(N)ncnc43)[C@@H](OP(=O)(O)OC[C@]34CCCOC3[C@H](O)[C@H](n3cnc5c(N)ncnc53)O4)C2O)C1OC. The highest BCUT2D eigenvalue weighted by Gasteiger charge is 2.60. The maximum atomic E-state index is 14.3. The van der Waals surface area contributed by atoms with E-state index >= 15 is 0 Å². The van der Waals surface area contributed by atoms with E-state index < -0.39 is 121 Å². The minimum Gasteiger partial charge on any atom is -0.465 e. The quantitative estimate of drug-likeness (QED) is 0.0161. The largest absolute Gasteiger partial charge is 0.472 e. The second-order valence-corrected chi connectivity index (χ2v) is 28.6. The van der Waals surface area contributed by atoms with Crippen molar-refractivity contribution in [2.45, 2.75) is 170 Å². The molecule has 0 spiro atoms. The maximum Gasteiger partial charge on any atom is 0.472 e. The number of carbonyl (C=O) groups excluding carboxylic acids is 1. The lowest BCUT2D eigenvalue weighted by molar-refractivity contribution is -0.165. The zero-order chi connectivity index (χ0) is 63.1. The molecule has 10 rings (SSSR count). The van der Waals surface area contributed by atoms with Crippen LogP contribution in [0.1, 0.15) is 115 Å². The number of aromatic nitrogens is 12. The number of aliphatic hydroxyl groups excluding tert-OH is 2. The summed E-state index contributed by atoms with van der Waals surface area (Å²) >= 11 is 0.517. The van der Waals surface area contributed by atoms with E-state index in [-0.39, 0.29) is 82.8 Å². The smallest absolute Gasteiger partial charge is 0.465 e. The molecule has 4 aliphatic heterocycles. The van der Waals surface area contributed by atoms with Gasteiger partial charge in [0.1, 0.15) is 96.6 Å². The first-order valence-electron chi connectivity index (χ1n) is 29.1. The number of nitrogen functional groups attached to an aromatic ring is 3. The molecule has 89 heavy (non-hydrogen) atoms. The summed E-state index contributed by atoms with van der Waals surface area (Å²) in [5, 5.41) is 23.6. The standard InChI is InChI=1S/C50H74N15O20P3S/c1-3-4-5-6-7-8-9-10-11-12-13-15-31(66)76-18-19-89-88(73,74)79-21-30-37(75-2)39(49(82-30)65-28-62-34-43(53)56-25-59-46(34)65)85-86(69,70)78-20-29-35(67)38(48(81-29)64-27-61-33-42(52)55-24-58-45(33)64)84-87(71,72)80-22-50-16-14-17-77-40(50)36(68)47(83-50)63-26-60-32-41(51)54-23-57-44(32)63/h23-30,35-40,47-49,67-68H,3-22H2,1-2H3,(H,69,70)(H,71,72)(H,73,74)(H2,51,54,57)(H2,52,55,58)(H2,53,56,59)/t29-,30-,35?,36+,37?,38+,39+,40?,47-,48-,49-,50-/m1/s1. The van der Waals surface area contributed by atoms with Gasteiger partial charge in [0.2, 0.25) is 0 Å². The molecular formula is C50H74N15O20P3S. The van der Waals surface area contributed by atoms with Crippen LogP contribution in [-0.2, 0) is 69.5 Å². The van der Waals surface area contributed by atoms with Crippen LogP contribution < -0.4 is 17.2 Å². The van der Waals surface area contributed by atoms with Gasteiger partial charge in [0.05, 0.1) is 38.8 Å². The number of methoxy groups -OCH3 is 1. The number of aliphatic hydroxyl groups is 2. The molecule has 15 atom stereocenters. The molecule has 490 valence electrons. The topological polar surface area (TPSA) is 480 Å². The fourth-order valence-electron chi connectivity index (χ4n) is 11.4. The molecule has 6 aromatic heterocycles. The predicted octanol–water partition coefficient (Wildman–Crippen LogP) is 4.33. The van der Waals surface area contributed by atoms with Gasteiger partial charge in [-0.3, -0.25) is 41.1 Å². The highest BCUT2D eigenvalue weighted by molar-refractivity contribution is 8.54. The predicted molar refractivity (Wildman–Crippen MR) is 313 cm³/mol. The van der Waals surface area contributed by atoms with Gasteiger partial charge in [0.25, 0.3) is 0 Å². The summed E-state index contributed by atoms with van der Waals surface area (Å²) in [5.41, 5.74) is 17.4. The van der Waals surface area contributed by atoms with Crippen LogP contribution in [0.5, 0.6) is 0 Å².